The minimum Gasteiger partial charge on any atom is -0.496 e. The second kappa shape index (κ2) is 6.43. The first kappa shape index (κ1) is 15.8. The SMILES string of the molecule is COc1cc(Br)ccc1C(O)c1ccc(Br)c(Cl)c1F. The van der Waals surface area contributed by atoms with Crippen LogP contribution in [0.5, 0.6) is 5.75 Å². The quantitative estimate of drug-likeness (QED) is 0.695. The number of aliphatic hydroxyl groups is 1. The summed E-state index contributed by atoms with van der Waals surface area (Å²) in [5.74, 6) is -0.191. The second-order valence-electron chi connectivity index (χ2n) is 4.05. The Balaban J connectivity index is 2.52. The molecule has 1 N–H and O–H groups in total. The first-order valence-electron chi connectivity index (χ1n) is 5.60. The molecule has 0 amide bonds. The van der Waals surface area contributed by atoms with Crippen LogP contribution in [0.1, 0.15) is 17.2 Å². The molecule has 2 rings (SSSR count). The first-order chi connectivity index (χ1) is 9.45. The van der Waals surface area contributed by atoms with Crippen LogP contribution < -0.4 is 4.74 Å². The molecule has 0 bridgehead atoms. The van der Waals surface area contributed by atoms with Gasteiger partial charge in [-0.15, -0.1) is 0 Å². The minimum atomic E-state index is -1.16. The van der Waals surface area contributed by atoms with Crippen molar-refractivity contribution < 1.29 is 14.2 Å². The Hall–Kier alpha value is -0.620. The van der Waals surface area contributed by atoms with E-state index >= 15 is 0 Å². The zero-order valence-electron chi connectivity index (χ0n) is 10.3. The van der Waals surface area contributed by atoms with Gasteiger partial charge in [0.05, 0.1) is 12.1 Å². The van der Waals surface area contributed by atoms with Gasteiger partial charge in [0.2, 0.25) is 0 Å². The van der Waals surface area contributed by atoms with E-state index in [-0.39, 0.29) is 10.6 Å². The normalized spacial score (nSPS) is 12.3. The summed E-state index contributed by atoms with van der Waals surface area (Å²) in [5, 5.41) is 10.3. The molecule has 0 fully saturated rings. The van der Waals surface area contributed by atoms with Gasteiger partial charge in [0.1, 0.15) is 17.7 Å². The van der Waals surface area contributed by atoms with Crippen molar-refractivity contribution in [2.45, 2.75) is 6.10 Å². The summed E-state index contributed by atoms with van der Waals surface area (Å²) in [7, 11) is 1.49. The van der Waals surface area contributed by atoms with Gasteiger partial charge >= 0.3 is 0 Å². The number of ether oxygens (including phenoxy) is 1. The van der Waals surface area contributed by atoms with Crippen LogP contribution in [0.4, 0.5) is 4.39 Å². The average Bonchev–Trinajstić information content (AvgIpc) is 2.44. The molecule has 0 aliphatic heterocycles. The van der Waals surface area contributed by atoms with Crippen LogP contribution >= 0.6 is 43.5 Å². The van der Waals surface area contributed by atoms with E-state index in [1.54, 1.807) is 24.3 Å². The molecule has 0 aliphatic rings. The molecule has 0 radical (unpaired) electrons. The van der Waals surface area contributed by atoms with Gasteiger partial charge in [0.15, 0.2) is 0 Å². The molecule has 0 heterocycles. The van der Waals surface area contributed by atoms with E-state index in [0.717, 1.165) is 4.47 Å². The predicted octanol–water partition coefficient (Wildman–Crippen LogP) is 5.09. The lowest BCUT2D eigenvalue weighted by atomic mass is 10.00. The van der Waals surface area contributed by atoms with E-state index in [1.165, 1.54) is 13.2 Å². The van der Waals surface area contributed by atoms with E-state index in [9.17, 15) is 9.50 Å². The van der Waals surface area contributed by atoms with Crippen molar-refractivity contribution in [3.05, 3.63) is 61.2 Å². The molecule has 0 aliphatic carbocycles. The summed E-state index contributed by atoms with van der Waals surface area (Å²) >= 11 is 12.3. The van der Waals surface area contributed by atoms with Crippen molar-refractivity contribution in [3.8, 4) is 5.75 Å². The van der Waals surface area contributed by atoms with Crippen molar-refractivity contribution in [2.24, 2.45) is 0 Å². The van der Waals surface area contributed by atoms with Crippen LogP contribution in [0.2, 0.25) is 5.02 Å². The van der Waals surface area contributed by atoms with E-state index < -0.39 is 11.9 Å². The zero-order chi connectivity index (χ0) is 14.9. The number of rotatable bonds is 3. The lowest BCUT2D eigenvalue weighted by Crippen LogP contribution is -2.05. The van der Waals surface area contributed by atoms with Gasteiger partial charge in [0, 0.05) is 20.1 Å². The van der Waals surface area contributed by atoms with Crippen LogP contribution in [-0.4, -0.2) is 12.2 Å². The zero-order valence-corrected chi connectivity index (χ0v) is 14.3. The fourth-order valence-corrected chi connectivity index (χ4v) is 2.65. The summed E-state index contributed by atoms with van der Waals surface area (Å²) in [5.41, 5.74) is 0.562. The van der Waals surface area contributed by atoms with Crippen LogP contribution in [0, 0.1) is 5.82 Å². The lowest BCUT2D eigenvalue weighted by Gasteiger charge is -2.17. The van der Waals surface area contributed by atoms with E-state index in [0.29, 0.717) is 15.8 Å². The third-order valence-corrected chi connectivity index (χ3v) is 4.60. The van der Waals surface area contributed by atoms with Crippen molar-refractivity contribution in [1.29, 1.82) is 0 Å². The highest BCUT2D eigenvalue weighted by Gasteiger charge is 2.21. The molecule has 0 aromatic heterocycles. The topological polar surface area (TPSA) is 29.5 Å². The first-order valence-corrected chi connectivity index (χ1v) is 7.57. The number of aliphatic hydroxyl groups excluding tert-OH is 1. The molecule has 0 saturated carbocycles. The fraction of sp³-hybridized carbons (Fsp3) is 0.143. The highest BCUT2D eigenvalue weighted by atomic mass is 79.9. The molecule has 2 nitrogen and oxygen atoms in total. The van der Waals surface area contributed by atoms with E-state index in [2.05, 4.69) is 31.9 Å². The minimum absolute atomic E-state index is 0.0578. The average molecular weight is 424 g/mol. The third kappa shape index (κ3) is 3.01. The molecule has 106 valence electrons. The number of hydrogen-bond donors (Lipinski definition) is 1. The van der Waals surface area contributed by atoms with Crippen molar-refractivity contribution in [1.82, 2.24) is 0 Å². The third-order valence-electron chi connectivity index (χ3n) is 2.85. The highest BCUT2D eigenvalue weighted by molar-refractivity contribution is 9.10. The van der Waals surface area contributed by atoms with Crippen LogP contribution in [0.3, 0.4) is 0 Å². The maximum absolute atomic E-state index is 14.1. The molecular formula is C14H10Br2ClFO2. The Morgan fingerprint density at radius 3 is 2.50 bits per heavy atom. The summed E-state index contributed by atoms with van der Waals surface area (Å²) in [4.78, 5) is 0. The van der Waals surface area contributed by atoms with Crippen molar-refractivity contribution in [2.75, 3.05) is 7.11 Å². The Labute approximate surface area is 137 Å². The fourth-order valence-electron chi connectivity index (χ4n) is 1.83. The van der Waals surface area contributed by atoms with Gasteiger partial charge in [-0.1, -0.05) is 39.7 Å². The van der Waals surface area contributed by atoms with Gasteiger partial charge in [-0.25, -0.2) is 4.39 Å². The molecule has 6 heteroatoms. The van der Waals surface area contributed by atoms with Crippen LogP contribution in [0.15, 0.2) is 39.3 Å². The Kier molecular flexibility index (Phi) is 5.07. The molecule has 0 saturated heterocycles. The van der Waals surface area contributed by atoms with Gasteiger partial charge in [-0.05, 0) is 34.1 Å². The van der Waals surface area contributed by atoms with Crippen LogP contribution in [-0.2, 0) is 0 Å². The summed E-state index contributed by atoms with van der Waals surface area (Å²) in [6, 6.07) is 8.20. The smallest absolute Gasteiger partial charge is 0.149 e. The number of halogens is 4. The Bertz CT molecular complexity index is 649. The monoisotopic (exact) mass is 422 g/mol. The molecule has 0 spiro atoms. The van der Waals surface area contributed by atoms with Gasteiger partial charge in [-0.3, -0.25) is 0 Å². The lowest BCUT2D eigenvalue weighted by molar-refractivity contribution is 0.209. The molecule has 2 aromatic carbocycles. The summed E-state index contributed by atoms with van der Waals surface area (Å²) in [6.45, 7) is 0. The van der Waals surface area contributed by atoms with Gasteiger partial charge in [0.25, 0.3) is 0 Å². The van der Waals surface area contributed by atoms with Crippen LogP contribution in [0.25, 0.3) is 0 Å². The molecule has 1 unspecified atom stereocenters. The maximum atomic E-state index is 14.1. The number of hydrogen-bond acceptors (Lipinski definition) is 2. The predicted molar refractivity (Wildman–Crippen MR) is 83.9 cm³/mol. The van der Waals surface area contributed by atoms with Crippen molar-refractivity contribution >= 4 is 43.5 Å². The largest absolute Gasteiger partial charge is 0.496 e. The summed E-state index contributed by atoms with van der Waals surface area (Å²) < 4.78 is 20.6. The number of benzene rings is 2. The number of methoxy groups -OCH3 is 1. The molecule has 2 aromatic rings. The second-order valence-corrected chi connectivity index (χ2v) is 6.20. The molecular weight excluding hydrogens is 414 g/mol. The standard InChI is InChI=1S/C14H10Br2ClFO2/c1-20-11-6-7(15)2-3-8(11)14(19)9-4-5-10(16)12(17)13(9)18/h2-6,14,19H,1H3. The maximum Gasteiger partial charge on any atom is 0.149 e. The van der Waals surface area contributed by atoms with Gasteiger partial charge < -0.3 is 9.84 Å². The molecule has 1 atom stereocenters. The van der Waals surface area contributed by atoms with E-state index in [4.69, 9.17) is 16.3 Å². The summed E-state index contributed by atoms with van der Waals surface area (Å²) in [6.07, 6.45) is -1.16. The van der Waals surface area contributed by atoms with Crippen molar-refractivity contribution in [3.63, 3.8) is 0 Å². The Morgan fingerprint density at radius 1 is 1.20 bits per heavy atom. The van der Waals surface area contributed by atoms with Gasteiger partial charge in [-0.2, -0.15) is 0 Å². The highest BCUT2D eigenvalue weighted by Crippen LogP contribution is 2.36. The molecule has 20 heavy (non-hydrogen) atoms. The Morgan fingerprint density at radius 2 is 1.85 bits per heavy atom. The van der Waals surface area contributed by atoms with E-state index in [1.807, 2.05) is 0 Å².